The van der Waals surface area contributed by atoms with E-state index in [-0.39, 0.29) is 23.8 Å². The summed E-state index contributed by atoms with van der Waals surface area (Å²) in [6.07, 6.45) is 5.20. The van der Waals surface area contributed by atoms with Crippen molar-refractivity contribution in [2.45, 2.75) is 52.1 Å². The smallest absolute Gasteiger partial charge is 0.254 e. The van der Waals surface area contributed by atoms with Crippen LogP contribution in [0.25, 0.3) is 0 Å². The van der Waals surface area contributed by atoms with E-state index in [0.717, 1.165) is 44.3 Å². The summed E-state index contributed by atoms with van der Waals surface area (Å²) >= 11 is 1.56. The molecule has 0 saturated carbocycles. The monoisotopic (exact) mass is 336 g/mol. The predicted molar refractivity (Wildman–Crippen MR) is 91.1 cm³/mol. The number of anilines is 1. The van der Waals surface area contributed by atoms with Crippen LogP contribution in [0.1, 0.15) is 53.9 Å². The van der Waals surface area contributed by atoms with Gasteiger partial charge in [0.25, 0.3) is 5.91 Å². The van der Waals surface area contributed by atoms with Gasteiger partial charge in [0.1, 0.15) is 5.00 Å². The van der Waals surface area contributed by atoms with Crippen LogP contribution in [0.5, 0.6) is 0 Å². The van der Waals surface area contributed by atoms with Crippen molar-refractivity contribution >= 4 is 28.2 Å². The van der Waals surface area contributed by atoms with Gasteiger partial charge in [0.05, 0.1) is 11.7 Å². The number of ether oxygens (including phenoxy) is 1. The van der Waals surface area contributed by atoms with E-state index in [1.807, 2.05) is 13.8 Å². The van der Waals surface area contributed by atoms with Gasteiger partial charge in [-0.2, -0.15) is 0 Å². The maximum absolute atomic E-state index is 12.7. The van der Waals surface area contributed by atoms with E-state index in [4.69, 9.17) is 4.74 Å². The number of fused-ring (bicyclic) bond motifs is 1. The minimum atomic E-state index is -0.102. The molecule has 0 aromatic carbocycles. The standard InChI is InChI=1S/C17H24N2O3S/c1-10(2)15(20)19-17-14(12-6-3-7-13(12)23-17)16(21)18-9-11-5-4-8-22-11/h10-11H,3-9H2,1-2H3,(H,18,21)(H,19,20)/t11-/m1/s1. The van der Waals surface area contributed by atoms with Gasteiger partial charge in [-0.1, -0.05) is 13.8 Å². The summed E-state index contributed by atoms with van der Waals surface area (Å²) in [6, 6.07) is 0. The molecule has 1 aliphatic carbocycles. The van der Waals surface area contributed by atoms with E-state index in [1.54, 1.807) is 11.3 Å². The van der Waals surface area contributed by atoms with Crippen LogP contribution in [0, 0.1) is 5.92 Å². The molecule has 0 radical (unpaired) electrons. The molecule has 3 rings (SSSR count). The lowest BCUT2D eigenvalue weighted by Crippen LogP contribution is -2.32. The molecule has 23 heavy (non-hydrogen) atoms. The van der Waals surface area contributed by atoms with Crippen LogP contribution in [0.3, 0.4) is 0 Å². The summed E-state index contributed by atoms with van der Waals surface area (Å²) in [4.78, 5) is 25.9. The van der Waals surface area contributed by atoms with Crippen molar-refractivity contribution in [2.75, 3.05) is 18.5 Å². The fourth-order valence-corrected chi connectivity index (χ4v) is 4.38. The van der Waals surface area contributed by atoms with Crippen LogP contribution in [0.4, 0.5) is 5.00 Å². The Morgan fingerprint density at radius 3 is 2.83 bits per heavy atom. The molecule has 2 amide bonds. The fourth-order valence-electron chi connectivity index (χ4n) is 3.09. The van der Waals surface area contributed by atoms with Crippen LogP contribution in [-0.4, -0.2) is 31.1 Å². The Morgan fingerprint density at radius 2 is 2.13 bits per heavy atom. The molecule has 126 valence electrons. The summed E-state index contributed by atoms with van der Waals surface area (Å²) in [6.45, 7) is 5.03. The minimum Gasteiger partial charge on any atom is -0.376 e. The Morgan fingerprint density at radius 1 is 1.30 bits per heavy atom. The molecule has 0 unspecified atom stereocenters. The molecular weight excluding hydrogens is 312 g/mol. The minimum absolute atomic E-state index is 0.0434. The van der Waals surface area contributed by atoms with Gasteiger partial charge >= 0.3 is 0 Å². The molecule has 1 aromatic heterocycles. The number of rotatable bonds is 5. The first kappa shape index (κ1) is 16.5. The summed E-state index contributed by atoms with van der Waals surface area (Å²) in [5.74, 6) is -0.230. The number of hydrogen-bond acceptors (Lipinski definition) is 4. The number of amides is 2. The van der Waals surface area contributed by atoms with Gasteiger partial charge in [-0.15, -0.1) is 11.3 Å². The van der Waals surface area contributed by atoms with Crippen LogP contribution >= 0.6 is 11.3 Å². The second-order valence-corrected chi connectivity index (χ2v) is 7.66. The van der Waals surface area contributed by atoms with Gasteiger partial charge in [0.2, 0.25) is 5.91 Å². The Labute approximate surface area is 140 Å². The van der Waals surface area contributed by atoms with Gasteiger partial charge in [-0.05, 0) is 37.7 Å². The molecule has 1 saturated heterocycles. The topological polar surface area (TPSA) is 67.4 Å². The fraction of sp³-hybridized carbons (Fsp3) is 0.647. The first-order valence-corrected chi connectivity index (χ1v) is 9.23. The molecule has 1 fully saturated rings. The second kappa shape index (κ2) is 7.01. The van der Waals surface area contributed by atoms with Gasteiger partial charge in [0, 0.05) is 23.9 Å². The van der Waals surface area contributed by atoms with Crippen molar-refractivity contribution < 1.29 is 14.3 Å². The highest BCUT2D eigenvalue weighted by atomic mass is 32.1. The van der Waals surface area contributed by atoms with E-state index >= 15 is 0 Å². The normalized spacial score (nSPS) is 19.9. The zero-order valence-corrected chi connectivity index (χ0v) is 14.6. The summed E-state index contributed by atoms with van der Waals surface area (Å²) in [7, 11) is 0. The molecule has 0 bridgehead atoms. The van der Waals surface area contributed by atoms with Gasteiger partial charge < -0.3 is 15.4 Å². The van der Waals surface area contributed by atoms with E-state index < -0.39 is 0 Å². The Hall–Kier alpha value is -1.40. The molecule has 2 heterocycles. The molecule has 2 aliphatic rings. The highest BCUT2D eigenvalue weighted by Gasteiger charge is 2.28. The van der Waals surface area contributed by atoms with Gasteiger partial charge in [0.15, 0.2) is 0 Å². The number of carbonyl (C=O) groups excluding carboxylic acids is 2. The Bertz CT molecular complexity index is 603. The number of carbonyl (C=O) groups is 2. The summed E-state index contributed by atoms with van der Waals surface area (Å²) in [5.41, 5.74) is 1.80. The lowest BCUT2D eigenvalue weighted by Gasteiger charge is -2.13. The molecular formula is C17H24N2O3S. The molecule has 2 N–H and O–H groups in total. The number of aryl methyl sites for hydroxylation is 1. The van der Waals surface area contributed by atoms with E-state index in [9.17, 15) is 9.59 Å². The van der Waals surface area contributed by atoms with Crippen LogP contribution in [0.15, 0.2) is 0 Å². The maximum Gasteiger partial charge on any atom is 0.254 e. The predicted octanol–water partition coefficient (Wildman–Crippen LogP) is 2.74. The average Bonchev–Trinajstić information content (AvgIpc) is 3.21. The highest BCUT2D eigenvalue weighted by Crippen LogP contribution is 2.39. The number of hydrogen-bond donors (Lipinski definition) is 2. The molecule has 1 atom stereocenters. The highest BCUT2D eigenvalue weighted by molar-refractivity contribution is 7.17. The zero-order valence-electron chi connectivity index (χ0n) is 13.7. The second-order valence-electron chi connectivity index (χ2n) is 6.55. The van der Waals surface area contributed by atoms with Crippen molar-refractivity contribution in [1.29, 1.82) is 0 Å². The molecule has 1 aliphatic heterocycles. The average molecular weight is 336 g/mol. The molecule has 0 spiro atoms. The van der Waals surface area contributed by atoms with E-state index in [0.29, 0.717) is 17.1 Å². The van der Waals surface area contributed by atoms with E-state index in [2.05, 4.69) is 10.6 Å². The summed E-state index contributed by atoms with van der Waals surface area (Å²) < 4.78 is 5.56. The maximum atomic E-state index is 12.7. The van der Waals surface area contributed by atoms with Gasteiger partial charge in [-0.25, -0.2) is 0 Å². The van der Waals surface area contributed by atoms with Crippen molar-refractivity contribution in [3.8, 4) is 0 Å². The molecule has 5 nitrogen and oxygen atoms in total. The van der Waals surface area contributed by atoms with Crippen LogP contribution in [-0.2, 0) is 22.4 Å². The SMILES string of the molecule is CC(C)C(=O)Nc1sc2c(c1C(=O)NC[C@H]1CCCO1)CCC2. The first-order valence-electron chi connectivity index (χ1n) is 8.41. The quantitative estimate of drug-likeness (QED) is 0.869. The Balaban J connectivity index is 1.75. The van der Waals surface area contributed by atoms with Crippen LogP contribution in [0.2, 0.25) is 0 Å². The lowest BCUT2D eigenvalue weighted by atomic mass is 10.1. The third-order valence-corrected chi connectivity index (χ3v) is 5.63. The first-order chi connectivity index (χ1) is 11.1. The van der Waals surface area contributed by atoms with Crippen LogP contribution < -0.4 is 10.6 Å². The number of thiophene rings is 1. The third-order valence-electron chi connectivity index (χ3n) is 4.42. The zero-order chi connectivity index (χ0) is 16.4. The van der Waals surface area contributed by atoms with Crippen molar-refractivity contribution in [3.05, 3.63) is 16.0 Å². The van der Waals surface area contributed by atoms with Crippen molar-refractivity contribution in [2.24, 2.45) is 5.92 Å². The number of nitrogens with one attached hydrogen (secondary N) is 2. The molecule has 1 aromatic rings. The van der Waals surface area contributed by atoms with Gasteiger partial charge in [-0.3, -0.25) is 9.59 Å². The largest absolute Gasteiger partial charge is 0.376 e. The van der Waals surface area contributed by atoms with Crippen molar-refractivity contribution in [3.63, 3.8) is 0 Å². The lowest BCUT2D eigenvalue weighted by molar-refractivity contribution is -0.118. The van der Waals surface area contributed by atoms with Crippen molar-refractivity contribution in [1.82, 2.24) is 5.32 Å². The molecule has 6 heteroatoms. The summed E-state index contributed by atoms with van der Waals surface area (Å²) in [5, 5.41) is 6.63. The Kier molecular flexibility index (Phi) is 5.02. The van der Waals surface area contributed by atoms with E-state index in [1.165, 1.54) is 4.88 Å². The third kappa shape index (κ3) is 3.58.